The maximum atomic E-state index is 12.8. The van der Waals surface area contributed by atoms with Gasteiger partial charge in [0.1, 0.15) is 5.82 Å². The van der Waals surface area contributed by atoms with Crippen molar-refractivity contribution in [3.05, 3.63) is 71.0 Å². The molecule has 0 saturated carbocycles. The van der Waals surface area contributed by atoms with Crippen LogP contribution < -0.4 is 5.32 Å². The van der Waals surface area contributed by atoms with E-state index in [0.29, 0.717) is 11.1 Å². The number of aryl methyl sites for hydroxylation is 1. The van der Waals surface area contributed by atoms with Crippen molar-refractivity contribution in [1.29, 1.82) is 0 Å². The molecule has 6 heteroatoms. The summed E-state index contributed by atoms with van der Waals surface area (Å²) >= 11 is 0. The van der Waals surface area contributed by atoms with Gasteiger partial charge in [-0.1, -0.05) is 29.8 Å². The molecule has 25 heavy (non-hydrogen) atoms. The van der Waals surface area contributed by atoms with Crippen molar-refractivity contribution in [3.63, 3.8) is 0 Å². The van der Waals surface area contributed by atoms with Gasteiger partial charge in [-0.15, -0.1) is 0 Å². The minimum atomic E-state index is -1.18. The predicted molar refractivity (Wildman–Crippen MR) is 89.7 cm³/mol. The van der Waals surface area contributed by atoms with Crippen LogP contribution in [0.3, 0.4) is 0 Å². The molecule has 2 aromatic carbocycles. The van der Waals surface area contributed by atoms with Crippen LogP contribution in [0.5, 0.6) is 0 Å². The van der Waals surface area contributed by atoms with Gasteiger partial charge >= 0.3 is 5.97 Å². The van der Waals surface area contributed by atoms with E-state index < -0.39 is 23.7 Å². The molecule has 0 heterocycles. The highest BCUT2D eigenvalue weighted by Gasteiger charge is 2.22. The fraction of sp³-hybridized carbons (Fsp3) is 0.211. The third-order valence-corrected chi connectivity index (χ3v) is 3.67. The highest BCUT2D eigenvalue weighted by molar-refractivity contribution is 5.98. The lowest BCUT2D eigenvalue weighted by Crippen LogP contribution is -2.33. The van der Waals surface area contributed by atoms with E-state index >= 15 is 0 Å². The summed E-state index contributed by atoms with van der Waals surface area (Å²) in [6.07, 6.45) is -0.233. The first kappa shape index (κ1) is 18.3. The molecule has 5 nitrogen and oxygen atoms in total. The second-order valence-corrected chi connectivity index (χ2v) is 5.68. The molecular weight excluding hydrogens is 325 g/mol. The third-order valence-electron chi connectivity index (χ3n) is 3.67. The van der Waals surface area contributed by atoms with Gasteiger partial charge < -0.3 is 10.4 Å². The standard InChI is InChI=1S/C19H18FNO4/c1-12-3-2-4-14(11-12)18(19(24)25)21-17(23)10-9-16(22)13-5-7-15(20)8-6-13/h2-8,11,18H,9-10H2,1H3,(H,21,23)(H,24,25)/t18-/m0/s1. The minimum absolute atomic E-state index is 0.0857. The molecule has 0 aliphatic heterocycles. The number of carbonyl (C=O) groups is 3. The van der Waals surface area contributed by atoms with Crippen molar-refractivity contribution < 1.29 is 23.9 Å². The Morgan fingerprint density at radius 3 is 2.36 bits per heavy atom. The molecule has 0 radical (unpaired) electrons. The van der Waals surface area contributed by atoms with Crippen LogP contribution in [0.4, 0.5) is 4.39 Å². The lowest BCUT2D eigenvalue weighted by Gasteiger charge is -2.15. The normalized spacial score (nSPS) is 11.6. The number of ketones is 1. The highest BCUT2D eigenvalue weighted by Crippen LogP contribution is 2.15. The first-order chi connectivity index (χ1) is 11.9. The number of carboxylic acids is 1. The van der Waals surface area contributed by atoms with E-state index in [1.807, 2.05) is 13.0 Å². The number of carbonyl (C=O) groups excluding carboxylic acids is 2. The Morgan fingerprint density at radius 1 is 1.08 bits per heavy atom. The van der Waals surface area contributed by atoms with Crippen molar-refractivity contribution in [3.8, 4) is 0 Å². The zero-order valence-electron chi connectivity index (χ0n) is 13.7. The molecule has 1 atom stereocenters. The topological polar surface area (TPSA) is 83.5 Å². The smallest absolute Gasteiger partial charge is 0.330 e. The number of nitrogens with one attached hydrogen (secondary N) is 1. The number of amides is 1. The van der Waals surface area contributed by atoms with Crippen LogP contribution in [0.1, 0.15) is 40.4 Å². The van der Waals surface area contributed by atoms with E-state index in [1.54, 1.807) is 18.2 Å². The van der Waals surface area contributed by atoms with Crippen LogP contribution in [0.2, 0.25) is 0 Å². The highest BCUT2D eigenvalue weighted by atomic mass is 19.1. The Bertz CT molecular complexity index is 786. The predicted octanol–water partition coefficient (Wildman–Crippen LogP) is 3.04. The van der Waals surface area contributed by atoms with E-state index in [2.05, 4.69) is 5.32 Å². The van der Waals surface area contributed by atoms with Gasteiger partial charge in [0.15, 0.2) is 11.8 Å². The molecule has 2 rings (SSSR count). The number of benzene rings is 2. The monoisotopic (exact) mass is 343 g/mol. The maximum Gasteiger partial charge on any atom is 0.330 e. The minimum Gasteiger partial charge on any atom is -0.479 e. The van der Waals surface area contributed by atoms with Crippen LogP contribution in [0.25, 0.3) is 0 Å². The Kier molecular flexibility index (Phi) is 6.00. The van der Waals surface area contributed by atoms with Gasteiger partial charge in [0.05, 0.1) is 0 Å². The Balaban J connectivity index is 1.96. The summed E-state index contributed by atoms with van der Waals surface area (Å²) in [6, 6.07) is 10.7. The molecule has 0 aliphatic carbocycles. The Hall–Kier alpha value is -3.02. The molecule has 0 aromatic heterocycles. The van der Waals surface area contributed by atoms with Gasteiger partial charge in [-0.2, -0.15) is 0 Å². The lowest BCUT2D eigenvalue weighted by molar-refractivity contribution is -0.142. The van der Waals surface area contributed by atoms with Crippen LogP contribution in [-0.4, -0.2) is 22.8 Å². The molecule has 0 fully saturated rings. The zero-order valence-corrected chi connectivity index (χ0v) is 13.7. The van der Waals surface area contributed by atoms with Gasteiger partial charge in [0.25, 0.3) is 0 Å². The molecule has 130 valence electrons. The van der Waals surface area contributed by atoms with E-state index in [1.165, 1.54) is 24.3 Å². The molecule has 0 bridgehead atoms. The van der Waals surface area contributed by atoms with Crippen LogP contribution in [0, 0.1) is 12.7 Å². The summed E-state index contributed by atoms with van der Waals surface area (Å²) in [7, 11) is 0. The molecule has 2 aromatic rings. The van der Waals surface area contributed by atoms with Gasteiger partial charge in [0.2, 0.25) is 5.91 Å². The summed E-state index contributed by atoms with van der Waals surface area (Å²) < 4.78 is 12.8. The van der Waals surface area contributed by atoms with Crippen molar-refractivity contribution in [2.24, 2.45) is 0 Å². The molecule has 2 N–H and O–H groups in total. The quantitative estimate of drug-likeness (QED) is 0.757. The number of hydrogen-bond donors (Lipinski definition) is 2. The molecule has 0 saturated heterocycles. The summed E-state index contributed by atoms with van der Waals surface area (Å²) in [6.45, 7) is 1.82. The van der Waals surface area contributed by atoms with Crippen molar-refractivity contribution in [2.45, 2.75) is 25.8 Å². The first-order valence-electron chi connectivity index (χ1n) is 7.74. The summed E-state index contributed by atoms with van der Waals surface area (Å²) in [5.74, 6) is -2.47. The number of rotatable bonds is 7. The second-order valence-electron chi connectivity index (χ2n) is 5.68. The van der Waals surface area contributed by atoms with Gasteiger partial charge in [-0.05, 0) is 36.8 Å². The number of carboxylic acid groups (broad SMARTS) is 1. The van der Waals surface area contributed by atoms with Gasteiger partial charge in [-0.3, -0.25) is 9.59 Å². The van der Waals surface area contributed by atoms with Crippen LogP contribution in [0.15, 0.2) is 48.5 Å². The average Bonchev–Trinajstić information content (AvgIpc) is 2.58. The van der Waals surface area contributed by atoms with E-state index in [9.17, 15) is 23.9 Å². The van der Waals surface area contributed by atoms with Gasteiger partial charge in [-0.25, -0.2) is 9.18 Å². The SMILES string of the molecule is Cc1cccc([C@H](NC(=O)CCC(=O)c2ccc(F)cc2)C(=O)O)c1. The fourth-order valence-electron chi connectivity index (χ4n) is 2.38. The molecule has 1 amide bonds. The van der Waals surface area contributed by atoms with Crippen molar-refractivity contribution >= 4 is 17.7 Å². The molecule has 0 spiro atoms. The Labute approximate surface area is 144 Å². The van der Waals surface area contributed by atoms with Gasteiger partial charge in [0, 0.05) is 18.4 Å². The van der Waals surface area contributed by atoms with E-state index in [4.69, 9.17) is 0 Å². The Morgan fingerprint density at radius 2 is 1.76 bits per heavy atom. The average molecular weight is 343 g/mol. The number of aliphatic carboxylic acids is 1. The van der Waals surface area contributed by atoms with Crippen molar-refractivity contribution in [2.75, 3.05) is 0 Å². The first-order valence-corrected chi connectivity index (χ1v) is 7.74. The maximum absolute atomic E-state index is 12.8. The number of halogens is 1. The second kappa shape index (κ2) is 8.19. The van der Waals surface area contributed by atoms with E-state index in [0.717, 1.165) is 5.56 Å². The number of Topliss-reactive ketones (excluding diaryl/α,β-unsaturated/α-hetero) is 1. The van der Waals surface area contributed by atoms with Crippen molar-refractivity contribution in [1.82, 2.24) is 5.32 Å². The fourth-order valence-corrected chi connectivity index (χ4v) is 2.38. The van der Waals surface area contributed by atoms with E-state index in [-0.39, 0.29) is 18.6 Å². The summed E-state index contributed by atoms with van der Waals surface area (Å²) in [4.78, 5) is 35.4. The largest absolute Gasteiger partial charge is 0.479 e. The molecular formula is C19H18FNO4. The van der Waals surface area contributed by atoms with Crippen LogP contribution in [-0.2, 0) is 9.59 Å². The third kappa shape index (κ3) is 5.24. The van der Waals surface area contributed by atoms with Crippen LogP contribution >= 0.6 is 0 Å². The lowest BCUT2D eigenvalue weighted by atomic mass is 10.0. The summed E-state index contributed by atoms with van der Waals surface area (Å²) in [5.41, 5.74) is 1.65. The zero-order chi connectivity index (χ0) is 18.4. The number of hydrogen-bond acceptors (Lipinski definition) is 3. The molecule has 0 unspecified atom stereocenters. The summed E-state index contributed by atoms with van der Waals surface area (Å²) in [5, 5.41) is 11.8. The molecule has 0 aliphatic rings.